The van der Waals surface area contributed by atoms with E-state index in [1.165, 1.54) is 0 Å². The highest BCUT2D eigenvalue weighted by Gasteiger charge is 2.26. The van der Waals surface area contributed by atoms with E-state index < -0.39 is 11.5 Å². The number of rotatable bonds is 8. The molecule has 0 radical (unpaired) electrons. The average Bonchev–Trinajstić information content (AvgIpc) is 2.71. The molecule has 0 spiro atoms. The van der Waals surface area contributed by atoms with Gasteiger partial charge < -0.3 is 19.7 Å². The first-order valence-corrected chi connectivity index (χ1v) is 10.0. The maximum atomic E-state index is 12.6. The topological polar surface area (TPSA) is 67.9 Å². The third-order valence-electron chi connectivity index (χ3n) is 4.66. The molecular formula is C24H32N2O4. The first-order chi connectivity index (χ1) is 14.1. The SMILES string of the molecule is COc1cc(CN(C)C(=O)[C@@H](C)NC(=O)C(C)(C)C)ccc1OCc1ccccc1. The highest BCUT2D eigenvalue weighted by molar-refractivity contribution is 5.89. The van der Waals surface area contributed by atoms with Crippen LogP contribution in [-0.2, 0) is 22.7 Å². The van der Waals surface area contributed by atoms with Gasteiger partial charge in [-0.05, 0) is 30.2 Å². The molecule has 0 bridgehead atoms. The Morgan fingerprint density at radius 1 is 1.03 bits per heavy atom. The molecule has 0 fully saturated rings. The van der Waals surface area contributed by atoms with E-state index in [1.54, 1.807) is 26.0 Å². The summed E-state index contributed by atoms with van der Waals surface area (Å²) in [6, 6.07) is 14.9. The van der Waals surface area contributed by atoms with Gasteiger partial charge in [-0.2, -0.15) is 0 Å². The molecule has 1 N–H and O–H groups in total. The lowest BCUT2D eigenvalue weighted by Crippen LogP contribution is -2.48. The van der Waals surface area contributed by atoms with Crippen molar-refractivity contribution in [2.75, 3.05) is 14.2 Å². The Balaban J connectivity index is 2.00. The maximum Gasteiger partial charge on any atom is 0.244 e. The molecule has 2 rings (SSSR count). The molecule has 0 aliphatic carbocycles. The second kappa shape index (κ2) is 10.1. The number of hydrogen-bond acceptors (Lipinski definition) is 4. The lowest BCUT2D eigenvalue weighted by molar-refractivity contribution is -0.137. The number of nitrogens with zero attached hydrogens (tertiary/aromatic N) is 1. The van der Waals surface area contributed by atoms with Crippen molar-refractivity contribution in [1.82, 2.24) is 10.2 Å². The van der Waals surface area contributed by atoms with Gasteiger partial charge in [0, 0.05) is 19.0 Å². The highest BCUT2D eigenvalue weighted by atomic mass is 16.5. The minimum Gasteiger partial charge on any atom is -0.493 e. The van der Waals surface area contributed by atoms with Gasteiger partial charge in [0.15, 0.2) is 11.5 Å². The smallest absolute Gasteiger partial charge is 0.244 e. The fraction of sp³-hybridized carbons (Fsp3) is 0.417. The summed E-state index contributed by atoms with van der Waals surface area (Å²) in [5, 5.41) is 2.78. The second-order valence-electron chi connectivity index (χ2n) is 8.40. The fourth-order valence-electron chi connectivity index (χ4n) is 2.82. The fourth-order valence-corrected chi connectivity index (χ4v) is 2.82. The van der Waals surface area contributed by atoms with Gasteiger partial charge in [0.2, 0.25) is 11.8 Å². The molecule has 2 aromatic carbocycles. The number of nitrogens with one attached hydrogen (secondary N) is 1. The van der Waals surface area contributed by atoms with Gasteiger partial charge in [0.25, 0.3) is 0 Å². The van der Waals surface area contributed by atoms with Crippen LogP contribution in [0.25, 0.3) is 0 Å². The van der Waals surface area contributed by atoms with Gasteiger partial charge >= 0.3 is 0 Å². The Labute approximate surface area is 179 Å². The minimum absolute atomic E-state index is 0.154. The van der Waals surface area contributed by atoms with Crippen LogP contribution in [0.5, 0.6) is 11.5 Å². The second-order valence-corrected chi connectivity index (χ2v) is 8.40. The standard InChI is InChI=1S/C24H32N2O4/c1-17(25-23(28)24(2,3)4)22(27)26(5)15-19-12-13-20(21(14-19)29-6)30-16-18-10-8-7-9-11-18/h7-14,17H,15-16H2,1-6H3,(H,25,28)/t17-/m1/s1. The first-order valence-electron chi connectivity index (χ1n) is 10.0. The third kappa shape index (κ3) is 6.51. The molecule has 6 nitrogen and oxygen atoms in total. The molecule has 2 aromatic rings. The van der Waals surface area contributed by atoms with Crippen molar-refractivity contribution in [2.45, 2.75) is 46.9 Å². The van der Waals surface area contributed by atoms with Gasteiger partial charge in [-0.25, -0.2) is 0 Å². The zero-order chi connectivity index (χ0) is 22.3. The number of benzene rings is 2. The lowest BCUT2D eigenvalue weighted by Gasteiger charge is -2.25. The van der Waals surface area contributed by atoms with Crippen LogP contribution in [0.4, 0.5) is 0 Å². The van der Waals surface area contributed by atoms with Crippen molar-refractivity contribution < 1.29 is 19.1 Å². The summed E-state index contributed by atoms with van der Waals surface area (Å²) >= 11 is 0. The number of ether oxygens (including phenoxy) is 2. The minimum atomic E-state index is -0.600. The Morgan fingerprint density at radius 2 is 1.70 bits per heavy atom. The van der Waals surface area contributed by atoms with Crippen molar-refractivity contribution >= 4 is 11.8 Å². The van der Waals surface area contributed by atoms with E-state index in [0.29, 0.717) is 24.7 Å². The molecular weight excluding hydrogens is 380 g/mol. The summed E-state index contributed by atoms with van der Waals surface area (Å²) in [7, 11) is 3.31. The van der Waals surface area contributed by atoms with Crippen LogP contribution in [0.1, 0.15) is 38.8 Å². The molecule has 0 aliphatic rings. The Bertz CT molecular complexity index is 859. The van der Waals surface area contributed by atoms with Crippen LogP contribution in [0.3, 0.4) is 0 Å². The summed E-state index contributed by atoms with van der Waals surface area (Å²) in [6.45, 7) is 7.98. The quantitative estimate of drug-likeness (QED) is 0.716. The van der Waals surface area contributed by atoms with E-state index in [1.807, 2.05) is 69.3 Å². The van der Waals surface area contributed by atoms with Gasteiger partial charge in [0.05, 0.1) is 7.11 Å². The predicted octanol–water partition coefficient (Wildman–Crippen LogP) is 3.78. The van der Waals surface area contributed by atoms with Crippen LogP contribution >= 0.6 is 0 Å². The van der Waals surface area contributed by atoms with E-state index in [0.717, 1.165) is 11.1 Å². The van der Waals surface area contributed by atoms with Crippen molar-refractivity contribution in [2.24, 2.45) is 5.41 Å². The van der Waals surface area contributed by atoms with Crippen LogP contribution in [-0.4, -0.2) is 36.9 Å². The Morgan fingerprint density at radius 3 is 2.30 bits per heavy atom. The monoisotopic (exact) mass is 412 g/mol. The zero-order valence-electron chi connectivity index (χ0n) is 18.7. The molecule has 1 atom stereocenters. The number of carbonyl (C=O) groups excluding carboxylic acids is 2. The largest absolute Gasteiger partial charge is 0.493 e. The lowest BCUT2D eigenvalue weighted by atomic mass is 9.95. The van der Waals surface area contributed by atoms with Gasteiger partial charge in [0.1, 0.15) is 12.6 Å². The molecule has 0 heterocycles. The van der Waals surface area contributed by atoms with Gasteiger partial charge in [-0.15, -0.1) is 0 Å². The molecule has 2 amide bonds. The van der Waals surface area contributed by atoms with Gasteiger partial charge in [-0.1, -0.05) is 57.2 Å². The van der Waals surface area contributed by atoms with Crippen molar-refractivity contribution in [3.05, 3.63) is 59.7 Å². The molecule has 162 valence electrons. The summed E-state index contributed by atoms with van der Waals surface area (Å²) in [5.41, 5.74) is 1.43. The molecule has 0 unspecified atom stereocenters. The van der Waals surface area contributed by atoms with Crippen LogP contribution in [0, 0.1) is 5.41 Å². The van der Waals surface area contributed by atoms with Crippen molar-refractivity contribution in [3.63, 3.8) is 0 Å². The summed E-state index contributed by atoms with van der Waals surface area (Å²) in [5.74, 6) is 0.942. The normalized spacial score (nSPS) is 12.1. The van der Waals surface area contributed by atoms with E-state index >= 15 is 0 Å². The number of methoxy groups -OCH3 is 1. The van der Waals surface area contributed by atoms with Crippen molar-refractivity contribution in [3.8, 4) is 11.5 Å². The highest BCUT2D eigenvalue weighted by Crippen LogP contribution is 2.29. The third-order valence-corrected chi connectivity index (χ3v) is 4.66. The molecule has 0 saturated carbocycles. The molecule has 0 saturated heterocycles. The van der Waals surface area contributed by atoms with Gasteiger partial charge in [-0.3, -0.25) is 9.59 Å². The zero-order valence-corrected chi connectivity index (χ0v) is 18.7. The average molecular weight is 413 g/mol. The van der Waals surface area contributed by atoms with E-state index in [4.69, 9.17) is 9.47 Å². The van der Waals surface area contributed by atoms with Crippen LogP contribution in [0.15, 0.2) is 48.5 Å². The molecule has 6 heteroatoms. The number of likely N-dealkylation sites (N-methyl/N-ethyl adjacent to an activating group) is 1. The van der Waals surface area contributed by atoms with Crippen LogP contribution in [0.2, 0.25) is 0 Å². The number of amides is 2. The number of hydrogen-bond donors (Lipinski definition) is 1. The molecule has 0 aromatic heterocycles. The van der Waals surface area contributed by atoms with E-state index in [9.17, 15) is 9.59 Å². The Hall–Kier alpha value is -3.02. The maximum absolute atomic E-state index is 12.6. The van der Waals surface area contributed by atoms with E-state index in [-0.39, 0.29) is 11.8 Å². The predicted molar refractivity (Wildman–Crippen MR) is 117 cm³/mol. The van der Waals surface area contributed by atoms with E-state index in [2.05, 4.69) is 5.32 Å². The van der Waals surface area contributed by atoms with Crippen LogP contribution < -0.4 is 14.8 Å². The van der Waals surface area contributed by atoms with Crippen molar-refractivity contribution in [1.29, 1.82) is 0 Å². The Kier molecular flexibility index (Phi) is 7.86. The summed E-state index contributed by atoms with van der Waals surface area (Å²) in [6.07, 6.45) is 0. The summed E-state index contributed by atoms with van der Waals surface area (Å²) in [4.78, 5) is 26.4. The molecule has 30 heavy (non-hydrogen) atoms. The first kappa shape index (κ1) is 23.3. The molecule has 0 aliphatic heterocycles. The summed E-state index contributed by atoms with van der Waals surface area (Å²) < 4.78 is 11.4. The number of carbonyl (C=O) groups is 2.